The summed E-state index contributed by atoms with van der Waals surface area (Å²) in [5, 5.41) is 63.8. The van der Waals surface area contributed by atoms with E-state index in [2.05, 4.69) is 136 Å². The Morgan fingerprint density at radius 3 is 1.69 bits per heavy atom. The van der Waals surface area contributed by atoms with Crippen molar-refractivity contribution in [2.45, 2.75) is 68.7 Å². The van der Waals surface area contributed by atoms with Gasteiger partial charge >= 0.3 is 0 Å². The molecular weight excluding hydrogens is 662 g/mol. The summed E-state index contributed by atoms with van der Waals surface area (Å²) in [6.07, 6.45) is -10.1. The van der Waals surface area contributed by atoms with Crippen LogP contribution < -0.4 is 5.32 Å². The molecule has 7 N–H and O–H groups in total. The zero-order chi connectivity index (χ0) is 37.8. The number of benzene rings is 1. The number of hydrogen-bond acceptors (Lipinski definition) is 9. The lowest BCUT2D eigenvalue weighted by Crippen LogP contribution is -2.60. The van der Waals surface area contributed by atoms with Crippen molar-refractivity contribution in [3.05, 3.63) is 35.9 Å². The van der Waals surface area contributed by atoms with Crippen LogP contribution in [-0.2, 0) is 20.7 Å². The van der Waals surface area contributed by atoms with E-state index in [1.807, 2.05) is 30.3 Å². The highest BCUT2D eigenvalue weighted by Gasteiger charge is 2.44. The smallest absolute Gasteiger partial charge is 0.297 e. The molecule has 0 aliphatic carbocycles. The number of hydrogen-bond donors (Lipinski definition) is 7. The van der Waals surface area contributed by atoms with E-state index >= 15 is 0 Å². The highest BCUT2D eigenvalue weighted by atomic mass is 16.7. The van der Waals surface area contributed by atoms with Gasteiger partial charge in [0.15, 0.2) is 6.29 Å². The van der Waals surface area contributed by atoms with Gasteiger partial charge in [-0.2, -0.15) is 0 Å². The molecule has 1 aliphatic heterocycles. The minimum Gasteiger partial charge on any atom is -0.394 e. The second kappa shape index (κ2) is 25.5. The van der Waals surface area contributed by atoms with Crippen LogP contribution in [-0.4, -0.2) is 98.7 Å². The van der Waals surface area contributed by atoms with Crippen LogP contribution in [0, 0.1) is 130 Å². The Morgan fingerprint density at radius 2 is 1.21 bits per heavy atom. The fraction of sp³-hybridized carbons (Fsp3) is 0.310. The molecule has 258 valence electrons. The van der Waals surface area contributed by atoms with E-state index in [-0.39, 0.29) is 6.42 Å². The predicted octanol–water partition coefficient (Wildman–Crippen LogP) is -2.30. The number of aliphatic hydroxyl groups excluding tert-OH is 6. The standard InChI is InChI=1S/C42H31NO9/c1-2-3-4-5-6-7-8-9-10-11-12-13-14-15-16-17-18-19-20-21-25-28-37(46)43-34(38(47)35(45)30-29-33-26-23-22-24-27-33)32-51-42-41(50)40(49)39(48)36(31-44)52-42/h22-24,26-27,34-36,38-42,44-45,47-50H,29-32H2,1H3,(H,43,46)/t34-,35+,36?,38-,39?,40?,41?,42?/m0/s1. The molecule has 1 aromatic carbocycles. The first-order valence-corrected chi connectivity index (χ1v) is 15.3. The number of amides is 1. The van der Waals surface area contributed by atoms with E-state index in [1.165, 1.54) is 0 Å². The Morgan fingerprint density at radius 1 is 0.731 bits per heavy atom. The molecule has 1 saturated heterocycles. The lowest BCUT2D eigenvalue weighted by Gasteiger charge is -2.40. The fourth-order valence-corrected chi connectivity index (χ4v) is 3.94. The van der Waals surface area contributed by atoms with Crippen LogP contribution in [0.1, 0.15) is 18.9 Å². The Kier molecular flexibility index (Phi) is 20.4. The molecule has 52 heavy (non-hydrogen) atoms. The lowest BCUT2D eigenvalue weighted by molar-refractivity contribution is -0.303. The van der Waals surface area contributed by atoms with Crippen molar-refractivity contribution in [3.63, 3.8) is 0 Å². The van der Waals surface area contributed by atoms with Gasteiger partial charge in [0.2, 0.25) is 0 Å². The number of carbonyl (C=O) groups excluding carboxylic acids is 1. The minimum atomic E-state index is -1.72. The normalized spacial score (nSPS) is 18.9. The van der Waals surface area contributed by atoms with Crippen LogP contribution in [0.4, 0.5) is 0 Å². The summed E-state index contributed by atoms with van der Waals surface area (Å²) < 4.78 is 10.8. The number of aliphatic hydroxyl groups is 6. The monoisotopic (exact) mass is 693 g/mol. The number of aryl methyl sites for hydroxylation is 1. The zero-order valence-electron chi connectivity index (χ0n) is 27.7. The lowest BCUT2D eigenvalue weighted by atomic mass is 9.98. The molecule has 1 aliphatic rings. The van der Waals surface area contributed by atoms with Crippen LogP contribution in [0.2, 0.25) is 0 Å². The molecule has 1 fully saturated rings. The Hall–Kier alpha value is -6.47. The average Bonchev–Trinajstić information content (AvgIpc) is 3.15. The quantitative estimate of drug-likeness (QED) is 0.133. The Bertz CT molecular complexity index is 2100. The molecule has 10 nitrogen and oxygen atoms in total. The van der Waals surface area contributed by atoms with Gasteiger partial charge in [-0.05, 0) is 120 Å². The van der Waals surface area contributed by atoms with Gasteiger partial charge in [0.1, 0.15) is 30.5 Å². The SMILES string of the molecule is CC#CC#CC#CC#CC#CC#CC#CC#CC#CC#CC#CC(=O)N[C@@H](COC1OC(CO)C(O)C(O)C1O)[C@H](O)[C@H](O)CCc1ccccc1. The summed E-state index contributed by atoms with van der Waals surface area (Å²) in [4.78, 5) is 12.6. The van der Waals surface area contributed by atoms with Gasteiger partial charge in [0.05, 0.1) is 25.4 Å². The van der Waals surface area contributed by atoms with E-state index in [9.17, 15) is 35.4 Å². The summed E-state index contributed by atoms with van der Waals surface area (Å²) in [5.41, 5.74) is 0.917. The van der Waals surface area contributed by atoms with Crippen molar-refractivity contribution in [3.8, 4) is 130 Å². The molecule has 5 unspecified atom stereocenters. The van der Waals surface area contributed by atoms with Crippen LogP contribution in [0.3, 0.4) is 0 Å². The van der Waals surface area contributed by atoms with Crippen molar-refractivity contribution in [1.82, 2.24) is 5.32 Å². The third-order valence-corrected chi connectivity index (χ3v) is 6.47. The van der Waals surface area contributed by atoms with Gasteiger partial charge in [-0.25, -0.2) is 0 Å². The fourth-order valence-electron chi connectivity index (χ4n) is 3.94. The molecule has 0 saturated carbocycles. The van der Waals surface area contributed by atoms with Crippen molar-refractivity contribution < 1.29 is 44.9 Å². The second-order valence-electron chi connectivity index (χ2n) is 10.1. The number of rotatable bonds is 10. The first-order chi connectivity index (χ1) is 25.3. The molecule has 0 radical (unpaired) electrons. The molecular formula is C42H31NO9. The van der Waals surface area contributed by atoms with Crippen molar-refractivity contribution >= 4 is 5.91 Å². The van der Waals surface area contributed by atoms with Crippen molar-refractivity contribution in [2.24, 2.45) is 0 Å². The van der Waals surface area contributed by atoms with Crippen LogP contribution >= 0.6 is 0 Å². The second-order valence-corrected chi connectivity index (χ2v) is 10.1. The molecule has 10 heteroatoms. The average molecular weight is 694 g/mol. The topological polar surface area (TPSA) is 169 Å². The van der Waals surface area contributed by atoms with Crippen LogP contribution in [0.5, 0.6) is 0 Å². The number of carbonyl (C=O) groups is 1. The highest BCUT2D eigenvalue weighted by molar-refractivity contribution is 5.94. The maximum absolute atomic E-state index is 12.6. The summed E-state index contributed by atoms with van der Waals surface area (Å²) >= 11 is 0. The van der Waals surface area contributed by atoms with Gasteiger partial charge < -0.3 is 45.4 Å². The molecule has 0 bridgehead atoms. The van der Waals surface area contributed by atoms with E-state index in [0.29, 0.717) is 6.42 Å². The zero-order valence-corrected chi connectivity index (χ0v) is 27.7. The van der Waals surface area contributed by atoms with E-state index in [0.717, 1.165) is 5.56 Å². The van der Waals surface area contributed by atoms with Gasteiger partial charge in [-0.15, -0.1) is 0 Å². The first-order valence-electron chi connectivity index (χ1n) is 15.3. The van der Waals surface area contributed by atoms with Crippen molar-refractivity contribution in [1.29, 1.82) is 0 Å². The molecule has 1 heterocycles. The third-order valence-electron chi connectivity index (χ3n) is 6.47. The summed E-state index contributed by atoms with van der Waals surface area (Å²) in [5.74, 6) is 53.1. The van der Waals surface area contributed by atoms with Gasteiger partial charge in [-0.1, -0.05) is 36.3 Å². The number of nitrogens with one attached hydrogen (secondary N) is 1. The van der Waals surface area contributed by atoms with Crippen molar-refractivity contribution in [2.75, 3.05) is 13.2 Å². The number of ether oxygens (including phenoxy) is 2. The van der Waals surface area contributed by atoms with Gasteiger partial charge in [-0.3, -0.25) is 4.79 Å². The maximum Gasteiger partial charge on any atom is 0.297 e. The van der Waals surface area contributed by atoms with Gasteiger partial charge in [0, 0.05) is 29.6 Å². The third kappa shape index (κ3) is 16.8. The molecule has 0 aromatic heterocycles. The largest absolute Gasteiger partial charge is 0.394 e. The minimum absolute atomic E-state index is 0.129. The van der Waals surface area contributed by atoms with Gasteiger partial charge in [0.25, 0.3) is 5.91 Å². The summed E-state index contributed by atoms with van der Waals surface area (Å²) in [6.45, 7) is 0.472. The molecule has 2 rings (SSSR count). The first kappa shape index (κ1) is 41.7. The predicted molar refractivity (Wildman–Crippen MR) is 190 cm³/mol. The highest BCUT2D eigenvalue weighted by Crippen LogP contribution is 2.22. The van der Waals surface area contributed by atoms with E-state index in [1.54, 1.807) is 6.92 Å². The molecule has 8 atom stereocenters. The molecule has 0 spiro atoms. The maximum atomic E-state index is 12.6. The molecule has 1 aromatic rings. The summed E-state index contributed by atoms with van der Waals surface area (Å²) in [7, 11) is 0. The summed E-state index contributed by atoms with van der Waals surface area (Å²) in [6, 6.07) is 7.96. The van der Waals surface area contributed by atoms with Crippen LogP contribution in [0.25, 0.3) is 0 Å². The van der Waals surface area contributed by atoms with E-state index < -0.39 is 68.1 Å². The Balaban J connectivity index is 1.98. The molecule has 1 amide bonds. The Labute approximate surface area is 303 Å². The van der Waals surface area contributed by atoms with E-state index in [4.69, 9.17) is 9.47 Å². The van der Waals surface area contributed by atoms with Crippen LogP contribution in [0.15, 0.2) is 30.3 Å².